The number of hydrogen-bond acceptors (Lipinski definition) is 7. The van der Waals surface area contributed by atoms with Gasteiger partial charge in [0.05, 0.1) is 29.9 Å². The molecule has 0 spiro atoms. The average Bonchev–Trinajstić information content (AvgIpc) is 3.64. The van der Waals surface area contributed by atoms with Crippen LogP contribution >= 0.6 is 0 Å². The van der Waals surface area contributed by atoms with Gasteiger partial charge in [-0.3, -0.25) is 9.69 Å². The molecule has 3 fully saturated rings. The Morgan fingerprint density at radius 3 is 2.15 bits per heavy atom. The summed E-state index contributed by atoms with van der Waals surface area (Å²) in [4.78, 5) is 39.4. The third-order valence-corrected chi connectivity index (χ3v) is 9.48. The molecule has 1 N–H and O–H groups in total. The number of anilines is 2. The fraction of sp³-hybridized carbons (Fsp3) is 0.625. The maximum Gasteiger partial charge on any atom is 0.416 e. The number of amides is 1. The molecule has 9 nitrogen and oxygen atoms in total. The van der Waals surface area contributed by atoms with Crippen LogP contribution in [0.1, 0.15) is 87.3 Å². The van der Waals surface area contributed by atoms with Crippen molar-refractivity contribution in [3.05, 3.63) is 46.8 Å². The molecule has 258 valence electrons. The van der Waals surface area contributed by atoms with Crippen molar-refractivity contribution in [2.45, 2.75) is 89.8 Å². The number of hydrogen-bond donors (Lipinski definition) is 1. The molecule has 2 saturated heterocycles. The molecular weight excluding hydrogens is 632 g/mol. The highest BCUT2D eigenvalue weighted by Gasteiger charge is 2.44. The molecule has 15 heteroatoms. The number of carbonyl (C=O) groups excluding carboxylic acids is 1. The molecule has 1 aromatic carbocycles. The molecule has 2 unspecified atom stereocenters. The Bertz CT molecular complexity index is 1410. The van der Waals surface area contributed by atoms with Gasteiger partial charge in [0.1, 0.15) is 17.6 Å². The molecule has 1 aliphatic carbocycles. The van der Waals surface area contributed by atoms with Gasteiger partial charge in [0.25, 0.3) is 0 Å². The van der Waals surface area contributed by atoms with E-state index in [9.17, 15) is 35.9 Å². The first-order valence-electron chi connectivity index (χ1n) is 16.0. The van der Waals surface area contributed by atoms with Crippen molar-refractivity contribution in [1.29, 1.82) is 0 Å². The van der Waals surface area contributed by atoms with Crippen LogP contribution in [0, 0.1) is 11.8 Å². The number of aromatic nitrogens is 2. The topological polar surface area (TPSA) is 99.1 Å². The quantitative estimate of drug-likeness (QED) is 0.263. The Morgan fingerprint density at radius 2 is 1.60 bits per heavy atom. The van der Waals surface area contributed by atoms with E-state index in [-0.39, 0.29) is 30.9 Å². The van der Waals surface area contributed by atoms with Gasteiger partial charge < -0.3 is 19.6 Å². The maximum atomic E-state index is 13.6. The van der Waals surface area contributed by atoms with Crippen molar-refractivity contribution in [2.75, 3.05) is 36.0 Å². The van der Waals surface area contributed by atoms with E-state index in [0.717, 1.165) is 51.6 Å². The Morgan fingerprint density at radius 1 is 1.00 bits per heavy atom. The minimum atomic E-state index is -5.04. The van der Waals surface area contributed by atoms with E-state index in [4.69, 9.17) is 19.8 Å². The summed E-state index contributed by atoms with van der Waals surface area (Å²) in [5.41, 5.74) is -2.92. The monoisotopic (exact) mass is 671 g/mol. The zero-order valence-corrected chi connectivity index (χ0v) is 26.3. The van der Waals surface area contributed by atoms with Crippen molar-refractivity contribution in [1.82, 2.24) is 14.9 Å². The minimum absolute atomic E-state index is 0.0480. The van der Waals surface area contributed by atoms with E-state index >= 15 is 0 Å². The number of cyclic esters (lactones) is 1. The number of rotatable bonds is 10. The standard InChI is InChI=1S/C32H39F6N5O4/c1-3-41(17-21-8-6-20(7-9-21)12-27(44)45)29-25(40-26(16-39-29)42-10-4-5-11-42)18-43-19(2)28(47-30(43)46)22-13-23(31(33,34)35)15-24(14-22)32(36,37)38/h13-16,19-21,28H,3-12,17-18H2,1-2H3,(H,44,45). The zero-order valence-electron chi connectivity index (χ0n) is 26.3. The van der Waals surface area contributed by atoms with Crippen LogP contribution in [0.3, 0.4) is 0 Å². The number of carboxylic acid groups (broad SMARTS) is 1. The van der Waals surface area contributed by atoms with Crippen molar-refractivity contribution in [3.63, 3.8) is 0 Å². The minimum Gasteiger partial charge on any atom is -0.481 e. The third-order valence-electron chi connectivity index (χ3n) is 9.48. The number of ether oxygens (including phenoxy) is 1. The largest absolute Gasteiger partial charge is 0.481 e. The second-order valence-electron chi connectivity index (χ2n) is 12.7. The van der Waals surface area contributed by atoms with Crippen molar-refractivity contribution in [3.8, 4) is 0 Å². The number of carboxylic acids is 1. The number of alkyl halides is 6. The Balaban J connectivity index is 1.41. The molecular formula is C32H39F6N5O4. The molecule has 2 aliphatic heterocycles. The Labute approximate surface area is 268 Å². The predicted molar refractivity (Wildman–Crippen MR) is 160 cm³/mol. The molecule has 1 saturated carbocycles. The van der Waals surface area contributed by atoms with Gasteiger partial charge in [-0.2, -0.15) is 26.3 Å². The normalized spacial score (nSPS) is 23.7. The predicted octanol–water partition coefficient (Wildman–Crippen LogP) is 7.30. The number of benzene rings is 1. The number of carbonyl (C=O) groups is 2. The lowest BCUT2D eigenvalue weighted by Crippen LogP contribution is -2.36. The van der Waals surface area contributed by atoms with E-state index in [0.29, 0.717) is 42.6 Å². The van der Waals surface area contributed by atoms with Crippen LogP contribution in [-0.4, -0.2) is 64.3 Å². The van der Waals surface area contributed by atoms with Gasteiger partial charge in [-0.25, -0.2) is 14.8 Å². The van der Waals surface area contributed by atoms with Gasteiger partial charge in [-0.1, -0.05) is 0 Å². The molecule has 3 heterocycles. The van der Waals surface area contributed by atoms with Gasteiger partial charge in [0, 0.05) is 32.6 Å². The molecule has 3 aliphatic rings. The fourth-order valence-electron chi connectivity index (χ4n) is 6.89. The number of aliphatic carboxylic acids is 1. The summed E-state index contributed by atoms with van der Waals surface area (Å²) in [5.74, 6) is 0.790. The second-order valence-corrected chi connectivity index (χ2v) is 12.7. The van der Waals surface area contributed by atoms with Crippen LogP contribution in [0.4, 0.5) is 42.8 Å². The maximum absolute atomic E-state index is 13.6. The zero-order chi connectivity index (χ0) is 34.1. The molecule has 0 radical (unpaired) electrons. The van der Waals surface area contributed by atoms with Gasteiger partial charge >= 0.3 is 24.4 Å². The molecule has 1 amide bonds. The van der Waals surface area contributed by atoms with E-state index in [1.165, 1.54) is 11.8 Å². The highest BCUT2D eigenvalue weighted by Crippen LogP contribution is 2.41. The second kappa shape index (κ2) is 13.8. The molecule has 2 atom stereocenters. The lowest BCUT2D eigenvalue weighted by Gasteiger charge is -2.33. The summed E-state index contributed by atoms with van der Waals surface area (Å²) in [6.07, 6.45) is -5.20. The summed E-state index contributed by atoms with van der Waals surface area (Å²) in [6, 6.07) is 0.316. The highest BCUT2D eigenvalue weighted by atomic mass is 19.4. The van der Waals surface area contributed by atoms with Gasteiger partial charge in [-0.15, -0.1) is 0 Å². The van der Waals surface area contributed by atoms with Gasteiger partial charge in [0.15, 0.2) is 5.82 Å². The van der Waals surface area contributed by atoms with Gasteiger partial charge in [0.2, 0.25) is 0 Å². The highest BCUT2D eigenvalue weighted by molar-refractivity contribution is 5.71. The van der Waals surface area contributed by atoms with Crippen LogP contribution in [0.2, 0.25) is 0 Å². The van der Waals surface area contributed by atoms with E-state index < -0.39 is 53.3 Å². The van der Waals surface area contributed by atoms with Crippen LogP contribution in [0.5, 0.6) is 0 Å². The molecule has 47 heavy (non-hydrogen) atoms. The molecule has 0 bridgehead atoms. The first kappa shape index (κ1) is 34.6. The van der Waals surface area contributed by atoms with Crippen LogP contribution < -0.4 is 9.80 Å². The number of nitrogens with zero attached hydrogens (tertiary/aromatic N) is 5. The number of halogens is 6. The fourth-order valence-corrected chi connectivity index (χ4v) is 6.89. The smallest absolute Gasteiger partial charge is 0.416 e. The lowest BCUT2D eigenvalue weighted by molar-refractivity contribution is -0.143. The van der Waals surface area contributed by atoms with Crippen molar-refractivity contribution >= 4 is 23.7 Å². The summed E-state index contributed by atoms with van der Waals surface area (Å²) >= 11 is 0. The first-order valence-corrected chi connectivity index (χ1v) is 16.0. The summed E-state index contributed by atoms with van der Waals surface area (Å²) in [7, 11) is 0. The van der Waals surface area contributed by atoms with Crippen LogP contribution in [-0.2, 0) is 28.4 Å². The van der Waals surface area contributed by atoms with E-state index in [1.54, 1.807) is 6.20 Å². The SMILES string of the molecule is CCN(CC1CCC(CC(=O)O)CC1)c1ncc(N2CCCC2)nc1CN1C(=O)OC(c2cc(C(F)(F)F)cc(C(F)(F)F)c2)C1C. The van der Waals surface area contributed by atoms with Crippen molar-refractivity contribution in [2.24, 2.45) is 11.8 Å². The molecule has 2 aromatic rings. The van der Waals surface area contributed by atoms with Crippen LogP contribution in [0.15, 0.2) is 24.4 Å². The van der Waals surface area contributed by atoms with Gasteiger partial charge in [-0.05, 0) is 88.0 Å². The summed E-state index contributed by atoms with van der Waals surface area (Å²) < 4.78 is 86.9. The summed E-state index contributed by atoms with van der Waals surface area (Å²) in [5, 5.41) is 9.17. The van der Waals surface area contributed by atoms with E-state index in [1.807, 2.05) is 6.92 Å². The summed E-state index contributed by atoms with van der Waals surface area (Å²) in [6.45, 7) is 6.13. The van der Waals surface area contributed by atoms with E-state index in [2.05, 4.69) is 9.80 Å². The Hall–Kier alpha value is -3.78. The molecule has 5 rings (SSSR count). The Kier molecular flexibility index (Phi) is 10.1. The van der Waals surface area contributed by atoms with Crippen molar-refractivity contribution < 1.29 is 45.8 Å². The molecule has 1 aromatic heterocycles. The first-order chi connectivity index (χ1) is 22.1. The average molecular weight is 672 g/mol. The van der Waals surface area contributed by atoms with Crippen LogP contribution in [0.25, 0.3) is 0 Å². The third kappa shape index (κ3) is 8.03. The lowest BCUT2D eigenvalue weighted by atomic mass is 9.80.